The van der Waals surface area contributed by atoms with Gasteiger partial charge in [-0.15, -0.1) is 0 Å². The Bertz CT molecular complexity index is 420. The molecule has 0 bridgehead atoms. The molecule has 0 aromatic heterocycles. The van der Waals surface area contributed by atoms with Crippen molar-refractivity contribution in [1.82, 2.24) is 0 Å². The van der Waals surface area contributed by atoms with Crippen LogP contribution < -0.4 is 0 Å². The van der Waals surface area contributed by atoms with Crippen LogP contribution in [0.5, 0.6) is 0 Å². The number of rotatable bonds is 2. The van der Waals surface area contributed by atoms with Gasteiger partial charge in [-0.3, -0.25) is 4.79 Å². The second-order valence-corrected chi connectivity index (χ2v) is 4.95. The van der Waals surface area contributed by atoms with Gasteiger partial charge in [0.1, 0.15) is 6.61 Å². The molecule has 4 heteroatoms. The Morgan fingerprint density at radius 2 is 2.00 bits per heavy atom. The maximum atomic E-state index is 11.6. The van der Waals surface area contributed by atoms with Gasteiger partial charge >= 0.3 is 0 Å². The third-order valence-corrected chi connectivity index (χ3v) is 2.27. The topological polar surface area (TPSA) is 44.8 Å². The molecule has 0 aliphatic carbocycles. The summed E-state index contributed by atoms with van der Waals surface area (Å²) in [7, 11) is 0. The Balaban J connectivity index is 2.16. The van der Waals surface area contributed by atoms with Gasteiger partial charge in [-0.05, 0) is 20.8 Å². The van der Waals surface area contributed by atoms with E-state index in [0.29, 0.717) is 11.1 Å². The number of Topliss-reactive ketones (excluding diaryl/α,β-unsaturated/α-hetero) is 1. The number of carbonyl (C=O) groups excluding carboxylic acids is 1. The van der Waals surface area contributed by atoms with Gasteiger partial charge in [-0.25, -0.2) is 4.89 Å². The molecule has 1 heterocycles. The van der Waals surface area contributed by atoms with Crippen LogP contribution in [0.15, 0.2) is 24.3 Å². The van der Waals surface area contributed by atoms with Crippen molar-refractivity contribution in [2.24, 2.45) is 0 Å². The summed E-state index contributed by atoms with van der Waals surface area (Å²) in [5.74, 6) is -0.0313. The molecule has 0 spiro atoms. The predicted octanol–water partition coefficient (Wildman–Crippen LogP) is 2.64. The molecule has 17 heavy (non-hydrogen) atoms. The van der Waals surface area contributed by atoms with E-state index in [9.17, 15) is 4.79 Å². The van der Waals surface area contributed by atoms with Crippen molar-refractivity contribution in [3.8, 4) is 0 Å². The van der Waals surface area contributed by atoms with Crippen LogP contribution in [0.25, 0.3) is 0 Å². The summed E-state index contributed by atoms with van der Waals surface area (Å²) in [6.07, 6.45) is -0.636. The molecule has 1 aliphatic heterocycles. The second kappa shape index (κ2) is 4.56. The number of hydrogen-bond donors (Lipinski definition) is 0. The summed E-state index contributed by atoms with van der Waals surface area (Å²) in [5, 5.41) is 0. The average molecular weight is 236 g/mol. The third kappa shape index (κ3) is 2.91. The number of carbonyl (C=O) groups is 1. The highest BCUT2D eigenvalue weighted by Crippen LogP contribution is 2.29. The van der Waals surface area contributed by atoms with Crippen LogP contribution in [0.3, 0.4) is 0 Å². The first kappa shape index (κ1) is 12.2. The van der Waals surface area contributed by atoms with E-state index in [4.69, 9.17) is 14.5 Å². The molecule has 0 N–H and O–H groups in total. The largest absolute Gasteiger partial charge is 0.338 e. The van der Waals surface area contributed by atoms with Crippen LogP contribution in [0.4, 0.5) is 0 Å². The summed E-state index contributed by atoms with van der Waals surface area (Å²) < 4.78 is 5.32. The smallest absolute Gasteiger partial charge is 0.218 e. The van der Waals surface area contributed by atoms with Gasteiger partial charge < -0.3 is 4.74 Å². The standard InChI is InChI=1S/C13H16O4/c1-13(2,3)17-16-12-10-7-5-4-6-9(10)11(14)8-15-12/h4-7,12H,8H2,1-3H3. The first-order chi connectivity index (χ1) is 7.97. The number of ether oxygens (including phenoxy) is 1. The second-order valence-electron chi connectivity index (χ2n) is 4.95. The van der Waals surface area contributed by atoms with Crippen molar-refractivity contribution >= 4 is 5.78 Å². The fraction of sp³-hybridized carbons (Fsp3) is 0.462. The summed E-state index contributed by atoms with van der Waals surface area (Å²) in [4.78, 5) is 22.1. The van der Waals surface area contributed by atoms with Gasteiger partial charge in [0.25, 0.3) is 0 Å². The molecule has 0 amide bonds. The Morgan fingerprint density at radius 3 is 2.71 bits per heavy atom. The van der Waals surface area contributed by atoms with Crippen molar-refractivity contribution in [1.29, 1.82) is 0 Å². The van der Waals surface area contributed by atoms with Gasteiger partial charge in [0, 0.05) is 11.1 Å². The quantitative estimate of drug-likeness (QED) is 0.585. The van der Waals surface area contributed by atoms with Crippen LogP contribution in [0.1, 0.15) is 43.0 Å². The summed E-state index contributed by atoms with van der Waals surface area (Å²) in [6.45, 7) is 5.67. The molecule has 0 saturated carbocycles. The minimum absolute atomic E-state index is 0.0230. The zero-order chi connectivity index (χ0) is 12.5. The molecule has 2 rings (SSSR count). The molecular weight excluding hydrogens is 220 g/mol. The van der Waals surface area contributed by atoms with Crippen molar-refractivity contribution in [2.75, 3.05) is 6.61 Å². The van der Waals surface area contributed by atoms with Crippen molar-refractivity contribution in [3.63, 3.8) is 0 Å². The lowest BCUT2D eigenvalue weighted by atomic mass is 10.0. The van der Waals surface area contributed by atoms with Crippen LogP contribution in [0, 0.1) is 0 Å². The molecule has 4 nitrogen and oxygen atoms in total. The number of fused-ring (bicyclic) bond motifs is 1. The van der Waals surface area contributed by atoms with Gasteiger partial charge in [0.05, 0.1) is 5.60 Å². The molecule has 1 aromatic rings. The molecular formula is C13H16O4. The lowest BCUT2D eigenvalue weighted by Gasteiger charge is -2.27. The maximum Gasteiger partial charge on any atom is 0.218 e. The van der Waals surface area contributed by atoms with E-state index < -0.39 is 11.9 Å². The fourth-order valence-corrected chi connectivity index (χ4v) is 1.54. The Hall–Kier alpha value is -1.23. The van der Waals surface area contributed by atoms with Crippen LogP contribution in [-0.2, 0) is 14.5 Å². The van der Waals surface area contributed by atoms with Crippen LogP contribution in [0.2, 0.25) is 0 Å². The number of ketones is 1. The van der Waals surface area contributed by atoms with E-state index in [-0.39, 0.29) is 12.4 Å². The number of hydrogen-bond acceptors (Lipinski definition) is 4. The van der Waals surface area contributed by atoms with E-state index in [2.05, 4.69) is 0 Å². The van der Waals surface area contributed by atoms with Crippen molar-refractivity contribution in [3.05, 3.63) is 35.4 Å². The molecule has 1 unspecified atom stereocenters. The van der Waals surface area contributed by atoms with Crippen molar-refractivity contribution in [2.45, 2.75) is 32.7 Å². The first-order valence-electron chi connectivity index (χ1n) is 5.55. The summed E-state index contributed by atoms with van der Waals surface area (Å²) >= 11 is 0. The third-order valence-electron chi connectivity index (χ3n) is 2.27. The maximum absolute atomic E-state index is 11.6. The van der Waals surface area contributed by atoms with Gasteiger partial charge in [-0.2, -0.15) is 4.89 Å². The van der Waals surface area contributed by atoms with Gasteiger partial charge in [0.15, 0.2) is 5.78 Å². The lowest BCUT2D eigenvalue weighted by Crippen LogP contribution is -2.27. The minimum atomic E-state index is -0.636. The molecule has 92 valence electrons. The highest BCUT2D eigenvalue weighted by molar-refractivity contribution is 5.99. The zero-order valence-corrected chi connectivity index (χ0v) is 10.2. The highest BCUT2D eigenvalue weighted by atomic mass is 17.2. The monoisotopic (exact) mass is 236 g/mol. The molecule has 0 fully saturated rings. The van der Waals surface area contributed by atoms with E-state index in [1.54, 1.807) is 6.07 Å². The van der Waals surface area contributed by atoms with Crippen LogP contribution in [-0.4, -0.2) is 18.0 Å². The first-order valence-corrected chi connectivity index (χ1v) is 5.55. The summed E-state index contributed by atoms with van der Waals surface area (Å²) in [5.41, 5.74) is 0.939. The SMILES string of the molecule is CC(C)(C)OOC1OCC(=O)c2ccccc21. The fourth-order valence-electron chi connectivity index (χ4n) is 1.54. The van der Waals surface area contributed by atoms with Gasteiger partial charge in [0.2, 0.25) is 6.29 Å². The van der Waals surface area contributed by atoms with E-state index >= 15 is 0 Å². The zero-order valence-electron chi connectivity index (χ0n) is 10.2. The normalized spacial score (nSPS) is 20.2. The van der Waals surface area contributed by atoms with E-state index in [0.717, 1.165) is 0 Å². The lowest BCUT2D eigenvalue weighted by molar-refractivity contribution is -0.420. The summed E-state index contributed by atoms with van der Waals surface area (Å²) in [6, 6.07) is 7.24. The molecule has 0 saturated heterocycles. The molecule has 1 atom stereocenters. The van der Waals surface area contributed by atoms with Crippen LogP contribution >= 0.6 is 0 Å². The minimum Gasteiger partial charge on any atom is -0.338 e. The number of benzene rings is 1. The van der Waals surface area contributed by atoms with E-state index in [1.165, 1.54) is 0 Å². The molecule has 0 radical (unpaired) electrons. The predicted molar refractivity (Wildman–Crippen MR) is 61.4 cm³/mol. The van der Waals surface area contributed by atoms with Crippen molar-refractivity contribution < 1.29 is 19.3 Å². The van der Waals surface area contributed by atoms with E-state index in [1.807, 2.05) is 39.0 Å². The average Bonchev–Trinajstić information content (AvgIpc) is 2.27. The molecule has 1 aromatic carbocycles. The highest BCUT2D eigenvalue weighted by Gasteiger charge is 2.28. The Kier molecular flexibility index (Phi) is 3.28. The molecule has 1 aliphatic rings. The Morgan fingerprint density at radius 1 is 1.29 bits per heavy atom. The van der Waals surface area contributed by atoms with Gasteiger partial charge in [-0.1, -0.05) is 24.3 Å². The Labute approximate surface area is 100 Å².